The topological polar surface area (TPSA) is 94.2 Å². The summed E-state index contributed by atoms with van der Waals surface area (Å²) >= 11 is -2.70. The predicted octanol–water partition coefficient (Wildman–Crippen LogP) is 2.20. The number of hydrogen-bond acceptors (Lipinski definition) is 4. The molecule has 1 aromatic heterocycles. The van der Waals surface area contributed by atoms with Crippen LogP contribution in [0.3, 0.4) is 0 Å². The maximum absolute atomic E-state index is 11.3. The number of aromatic nitrogens is 1. The Labute approximate surface area is 116 Å². The lowest BCUT2D eigenvalue weighted by Gasteiger charge is -2.08. The van der Waals surface area contributed by atoms with E-state index in [1.165, 1.54) is 0 Å². The number of aromatic amines is 1. The highest BCUT2D eigenvalue weighted by molar-refractivity contribution is 7.77. The van der Waals surface area contributed by atoms with Crippen molar-refractivity contribution in [1.29, 1.82) is 0 Å². The normalized spacial score (nSPS) is 12.4. The van der Waals surface area contributed by atoms with Crippen molar-refractivity contribution in [3.05, 3.63) is 42.5 Å². The van der Waals surface area contributed by atoms with Crippen LogP contribution in [0, 0.1) is 0 Å². The van der Waals surface area contributed by atoms with E-state index in [1.807, 2.05) is 30.3 Å². The molecule has 3 aromatic rings. The summed E-state index contributed by atoms with van der Waals surface area (Å²) in [5, 5.41) is 1.90. The number of nitrogens with one attached hydrogen (secondary N) is 2. The number of amides is 1. The van der Waals surface area contributed by atoms with Gasteiger partial charge in [-0.2, -0.15) is 0 Å². The molecule has 1 heterocycles. The number of benzene rings is 2. The number of hydrogen-bond donors (Lipinski definition) is 2. The van der Waals surface area contributed by atoms with E-state index < -0.39 is 17.4 Å². The van der Waals surface area contributed by atoms with Crippen molar-refractivity contribution in [2.75, 3.05) is 0 Å². The zero-order chi connectivity index (χ0) is 14.1. The molecule has 20 heavy (non-hydrogen) atoms. The van der Waals surface area contributed by atoms with Crippen LogP contribution in [0.5, 0.6) is 5.75 Å². The fourth-order valence-corrected chi connectivity index (χ4v) is 2.30. The van der Waals surface area contributed by atoms with E-state index in [4.69, 9.17) is 4.74 Å². The van der Waals surface area contributed by atoms with Crippen molar-refractivity contribution in [1.82, 2.24) is 9.71 Å². The number of carbonyl (C=O) groups is 1. The molecule has 7 heteroatoms. The van der Waals surface area contributed by atoms with Gasteiger partial charge in [0.15, 0.2) is 5.75 Å². The molecule has 102 valence electrons. The van der Waals surface area contributed by atoms with Gasteiger partial charge < -0.3 is 14.3 Å². The predicted molar refractivity (Wildman–Crippen MR) is 73.9 cm³/mol. The molecule has 2 aromatic carbocycles. The molecule has 0 bridgehead atoms. The summed E-state index contributed by atoms with van der Waals surface area (Å²) in [5.74, 6) is 0.265. The van der Waals surface area contributed by atoms with Gasteiger partial charge in [-0.05, 0) is 12.1 Å². The van der Waals surface area contributed by atoms with Gasteiger partial charge in [-0.1, -0.05) is 30.3 Å². The third kappa shape index (κ3) is 2.24. The number of rotatable bonds is 2. The van der Waals surface area contributed by atoms with E-state index >= 15 is 0 Å². The van der Waals surface area contributed by atoms with Crippen LogP contribution in [-0.4, -0.2) is 19.8 Å². The standard InChI is InChI=1S/C13H10N2O4S/c16-13(15-20(17)18)19-11-7-3-5-9-8-4-1-2-6-10(8)14-12(9)11/h1-7,14H,(H,15,16)(H,17,18)/p-1. The lowest BCUT2D eigenvalue weighted by Crippen LogP contribution is -2.28. The maximum atomic E-state index is 11.3. The van der Waals surface area contributed by atoms with E-state index in [0.717, 1.165) is 16.3 Å². The van der Waals surface area contributed by atoms with Gasteiger partial charge in [-0.15, -0.1) is 0 Å². The molecule has 1 amide bonds. The number of carbonyl (C=O) groups excluding carboxylic acids is 1. The first-order valence-corrected chi connectivity index (χ1v) is 6.80. The van der Waals surface area contributed by atoms with Crippen LogP contribution >= 0.6 is 0 Å². The summed E-state index contributed by atoms with van der Waals surface area (Å²) in [5.41, 5.74) is 1.55. The minimum absolute atomic E-state index is 0.265. The Kier molecular flexibility index (Phi) is 3.13. The van der Waals surface area contributed by atoms with Crippen LogP contribution in [0.25, 0.3) is 21.8 Å². The lowest BCUT2D eigenvalue weighted by atomic mass is 10.1. The SMILES string of the molecule is O=C(NS(=O)[O-])Oc1cccc2c1[nH]c1ccccc12. The smallest absolute Gasteiger partial charge is 0.423 e. The second-order valence-electron chi connectivity index (χ2n) is 4.08. The Morgan fingerprint density at radius 1 is 1.15 bits per heavy atom. The fourth-order valence-electron chi connectivity index (χ4n) is 2.12. The lowest BCUT2D eigenvalue weighted by molar-refractivity contribution is 0.207. The Bertz CT molecular complexity index is 827. The Hall–Kier alpha value is -2.38. The Morgan fingerprint density at radius 3 is 2.70 bits per heavy atom. The molecule has 0 saturated heterocycles. The van der Waals surface area contributed by atoms with Crippen LogP contribution in [0.4, 0.5) is 4.79 Å². The summed E-state index contributed by atoms with van der Waals surface area (Å²) in [6.07, 6.45) is -1.05. The van der Waals surface area contributed by atoms with E-state index in [-0.39, 0.29) is 5.75 Å². The highest BCUT2D eigenvalue weighted by Gasteiger charge is 2.11. The highest BCUT2D eigenvalue weighted by Crippen LogP contribution is 2.31. The summed E-state index contributed by atoms with van der Waals surface area (Å²) in [6.45, 7) is 0. The number of ether oxygens (including phenoxy) is 1. The average molecular weight is 289 g/mol. The minimum atomic E-state index is -2.70. The van der Waals surface area contributed by atoms with Crippen LogP contribution in [0.2, 0.25) is 0 Å². The third-order valence-corrected chi connectivity index (χ3v) is 3.21. The molecule has 0 fully saturated rings. The van der Waals surface area contributed by atoms with Gasteiger partial charge in [0.05, 0.1) is 5.52 Å². The van der Waals surface area contributed by atoms with Crippen molar-refractivity contribution in [2.24, 2.45) is 0 Å². The van der Waals surface area contributed by atoms with Crippen molar-refractivity contribution < 1.29 is 18.3 Å². The summed E-state index contributed by atoms with van der Waals surface area (Å²) in [6, 6.07) is 12.9. The van der Waals surface area contributed by atoms with E-state index in [1.54, 1.807) is 16.9 Å². The molecule has 0 spiro atoms. The molecule has 0 aliphatic heterocycles. The number of H-pyrrole nitrogens is 1. The van der Waals surface area contributed by atoms with Crippen LogP contribution in [-0.2, 0) is 11.3 Å². The first-order valence-electron chi connectivity index (χ1n) is 5.72. The monoisotopic (exact) mass is 289 g/mol. The van der Waals surface area contributed by atoms with Crippen molar-refractivity contribution in [3.8, 4) is 5.75 Å². The first kappa shape index (κ1) is 12.6. The van der Waals surface area contributed by atoms with Gasteiger partial charge in [0.25, 0.3) is 0 Å². The van der Waals surface area contributed by atoms with Crippen molar-refractivity contribution in [2.45, 2.75) is 0 Å². The van der Waals surface area contributed by atoms with E-state index in [0.29, 0.717) is 5.52 Å². The van der Waals surface area contributed by atoms with Gasteiger partial charge in [0, 0.05) is 27.6 Å². The largest absolute Gasteiger partial charge is 0.755 e. The fraction of sp³-hybridized carbons (Fsp3) is 0. The van der Waals surface area contributed by atoms with Gasteiger partial charge >= 0.3 is 6.09 Å². The Balaban J connectivity index is 2.07. The van der Waals surface area contributed by atoms with Crippen molar-refractivity contribution >= 4 is 39.2 Å². The molecule has 0 aliphatic rings. The van der Waals surface area contributed by atoms with Gasteiger partial charge in [0.2, 0.25) is 0 Å². The van der Waals surface area contributed by atoms with E-state index in [9.17, 15) is 13.6 Å². The molecule has 0 aliphatic carbocycles. The molecule has 0 saturated carbocycles. The zero-order valence-electron chi connectivity index (χ0n) is 10.1. The number of fused-ring (bicyclic) bond motifs is 3. The first-order chi connectivity index (χ1) is 9.65. The van der Waals surface area contributed by atoms with Crippen LogP contribution in [0.15, 0.2) is 42.5 Å². The van der Waals surface area contributed by atoms with E-state index in [2.05, 4.69) is 4.98 Å². The maximum Gasteiger partial charge on any atom is 0.423 e. The molecular formula is C13H9N2O4S-. The molecule has 2 N–H and O–H groups in total. The highest BCUT2D eigenvalue weighted by atomic mass is 32.2. The van der Waals surface area contributed by atoms with Crippen molar-refractivity contribution in [3.63, 3.8) is 0 Å². The molecule has 6 nitrogen and oxygen atoms in total. The van der Waals surface area contributed by atoms with Gasteiger partial charge in [0.1, 0.15) is 0 Å². The van der Waals surface area contributed by atoms with Crippen LogP contribution < -0.4 is 9.46 Å². The molecular weight excluding hydrogens is 280 g/mol. The third-order valence-electron chi connectivity index (χ3n) is 2.87. The number of para-hydroxylation sites is 2. The molecule has 1 unspecified atom stereocenters. The average Bonchev–Trinajstić information content (AvgIpc) is 2.78. The van der Waals surface area contributed by atoms with Crippen LogP contribution in [0.1, 0.15) is 0 Å². The second kappa shape index (κ2) is 4.95. The molecule has 3 rings (SSSR count). The summed E-state index contributed by atoms with van der Waals surface area (Å²) in [7, 11) is 0. The second-order valence-corrected chi connectivity index (χ2v) is 4.75. The molecule has 1 atom stereocenters. The summed E-state index contributed by atoms with van der Waals surface area (Å²) in [4.78, 5) is 14.5. The summed E-state index contributed by atoms with van der Waals surface area (Å²) < 4.78 is 27.4. The molecule has 0 radical (unpaired) electrons. The zero-order valence-corrected chi connectivity index (χ0v) is 10.9. The quantitative estimate of drug-likeness (QED) is 0.707. The minimum Gasteiger partial charge on any atom is -0.755 e. The van der Waals surface area contributed by atoms with Gasteiger partial charge in [-0.3, -0.25) is 8.93 Å². The van der Waals surface area contributed by atoms with Gasteiger partial charge in [-0.25, -0.2) is 4.79 Å². The Morgan fingerprint density at radius 2 is 1.90 bits per heavy atom.